The molecule has 0 saturated carbocycles. The van der Waals surface area contributed by atoms with Crippen molar-refractivity contribution in [3.05, 3.63) is 150 Å². The van der Waals surface area contributed by atoms with E-state index >= 15 is 0 Å². The van der Waals surface area contributed by atoms with Gasteiger partial charge in [-0.2, -0.15) is 0 Å². The van der Waals surface area contributed by atoms with E-state index in [1.165, 1.54) is 59.8 Å². The van der Waals surface area contributed by atoms with E-state index in [2.05, 4.69) is 153 Å². The smallest absolute Gasteiger partial charge is 0.235 e. The van der Waals surface area contributed by atoms with Crippen LogP contribution in [0.2, 0.25) is 0 Å². The molecule has 4 heteroatoms. The Hall–Kier alpha value is -5.32. The lowest BCUT2D eigenvalue weighted by Gasteiger charge is -2.27. The number of nitrogens with zero attached hydrogens (tertiary/aromatic N) is 3. The van der Waals surface area contributed by atoms with Crippen molar-refractivity contribution in [2.45, 2.75) is 38.5 Å². The molecule has 1 unspecified atom stereocenters. The van der Waals surface area contributed by atoms with Gasteiger partial charge >= 0.3 is 0 Å². The zero-order chi connectivity index (χ0) is 32.1. The molecule has 0 amide bonds. The minimum atomic E-state index is -0.0391. The fraction of sp³-hybridized carbons (Fsp3) is 0.136. The van der Waals surface area contributed by atoms with Crippen molar-refractivity contribution in [2.75, 3.05) is 0 Å². The third-order valence-electron chi connectivity index (χ3n) is 10.7. The van der Waals surface area contributed by atoms with Crippen LogP contribution in [0.4, 0.5) is 0 Å². The third kappa shape index (κ3) is 3.81. The first-order chi connectivity index (χ1) is 23.5. The van der Waals surface area contributed by atoms with Gasteiger partial charge in [0.05, 0.1) is 27.3 Å². The maximum atomic E-state index is 5.46. The van der Waals surface area contributed by atoms with Crippen LogP contribution in [-0.4, -0.2) is 14.5 Å². The van der Waals surface area contributed by atoms with Crippen molar-refractivity contribution in [1.82, 2.24) is 14.5 Å². The normalized spacial score (nSPS) is 15.7. The highest BCUT2D eigenvalue weighted by molar-refractivity contribution is 7.19. The average molecular weight is 636 g/mol. The monoisotopic (exact) mass is 635 g/mol. The van der Waals surface area contributed by atoms with Gasteiger partial charge in [0.2, 0.25) is 5.95 Å². The summed E-state index contributed by atoms with van der Waals surface area (Å²) in [7, 11) is 0. The predicted octanol–water partition coefficient (Wildman–Crippen LogP) is 11.6. The van der Waals surface area contributed by atoms with E-state index in [0.717, 1.165) is 40.0 Å². The molecule has 2 aliphatic rings. The number of thiophene rings is 1. The zero-order valence-electron chi connectivity index (χ0n) is 27.2. The Balaban J connectivity index is 1.24. The van der Waals surface area contributed by atoms with Gasteiger partial charge in [0.15, 0.2) is 0 Å². The Morgan fingerprint density at radius 3 is 2.17 bits per heavy atom. The fourth-order valence-electron chi connectivity index (χ4n) is 8.50. The van der Waals surface area contributed by atoms with Gasteiger partial charge in [0.1, 0.15) is 0 Å². The molecule has 3 nitrogen and oxygen atoms in total. The number of fused-ring (bicyclic) bond motifs is 10. The second kappa shape index (κ2) is 10.1. The first kappa shape index (κ1) is 27.8. The SMILES string of the molecule is CC1Cc2c(sc3c2C(C)(C)c2ccccc2-3)-c2c1c1ccccc1n2-c1nc(-c2ccc(-c3ccccc3)cc2)c2ccccc2n1. The van der Waals surface area contributed by atoms with Crippen LogP contribution in [0.25, 0.3) is 71.2 Å². The van der Waals surface area contributed by atoms with Gasteiger partial charge in [-0.3, -0.25) is 4.57 Å². The van der Waals surface area contributed by atoms with Crippen molar-refractivity contribution in [2.24, 2.45) is 0 Å². The molecule has 2 aliphatic carbocycles. The van der Waals surface area contributed by atoms with E-state index in [9.17, 15) is 0 Å². The summed E-state index contributed by atoms with van der Waals surface area (Å²) < 4.78 is 2.37. The molecular weight excluding hydrogens is 603 g/mol. The second-order valence-corrected chi connectivity index (χ2v) is 14.9. The van der Waals surface area contributed by atoms with Crippen LogP contribution in [0.1, 0.15) is 48.9 Å². The van der Waals surface area contributed by atoms with Crippen molar-refractivity contribution in [1.29, 1.82) is 0 Å². The van der Waals surface area contributed by atoms with Crippen molar-refractivity contribution in [3.63, 3.8) is 0 Å². The van der Waals surface area contributed by atoms with Gasteiger partial charge in [-0.15, -0.1) is 11.3 Å². The Bertz CT molecular complexity index is 2570. The van der Waals surface area contributed by atoms with Gasteiger partial charge < -0.3 is 0 Å². The highest BCUT2D eigenvalue weighted by Gasteiger charge is 2.43. The van der Waals surface area contributed by atoms with Gasteiger partial charge in [0.25, 0.3) is 0 Å². The molecule has 5 aromatic carbocycles. The van der Waals surface area contributed by atoms with Gasteiger partial charge in [-0.1, -0.05) is 136 Å². The number of benzene rings is 5. The van der Waals surface area contributed by atoms with Gasteiger partial charge in [0, 0.05) is 26.6 Å². The highest BCUT2D eigenvalue weighted by Crippen LogP contribution is 2.60. The van der Waals surface area contributed by atoms with Crippen LogP contribution >= 0.6 is 11.3 Å². The maximum absolute atomic E-state index is 5.46. The molecule has 48 heavy (non-hydrogen) atoms. The van der Waals surface area contributed by atoms with Crippen molar-refractivity contribution < 1.29 is 0 Å². The highest BCUT2D eigenvalue weighted by atomic mass is 32.1. The minimum absolute atomic E-state index is 0.0391. The van der Waals surface area contributed by atoms with E-state index in [0.29, 0.717) is 5.92 Å². The van der Waals surface area contributed by atoms with E-state index in [4.69, 9.17) is 9.97 Å². The Morgan fingerprint density at radius 2 is 1.33 bits per heavy atom. The van der Waals surface area contributed by atoms with Crippen LogP contribution in [0.5, 0.6) is 0 Å². The quantitative estimate of drug-likeness (QED) is 0.193. The standard InChI is InChI=1S/C44H33N3S/c1-26-25-33-38-41(30-15-7-10-18-34(30)44(38,2)3)48-42(33)40-37(26)32-17-9-12-20-36(32)47(40)43-45-35-19-11-8-16-31(35)39(46-43)29-23-21-28(22-24-29)27-13-5-4-6-14-27/h4-24,26H,25H2,1-3H3. The molecule has 8 aromatic rings. The van der Waals surface area contributed by atoms with Crippen LogP contribution in [0, 0.1) is 0 Å². The van der Waals surface area contributed by atoms with E-state index in [1.54, 1.807) is 0 Å². The molecule has 230 valence electrons. The number of rotatable bonds is 3. The molecule has 1 atom stereocenters. The first-order valence-electron chi connectivity index (χ1n) is 16.8. The summed E-state index contributed by atoms with van der Waals surface area (Å²) in [6.45, 7) is 7.21. The summed E-state index contributed by atoms with van der Waals surface area (Å²) in [5, 5.41) is 2.35. The van der Waals surface area contributed by atoms with Crippen LogP contribution < -0.4 is 0 Å². The predicted molar refractivity (Wildman–Crippen MR) is 200 cm³/mol. The average Bonchev–Trinajstić information content (AvgIpc) is 3.75. The van der Waals surface area contributed by atoms with Crippen LogP contribution in [-0.2, 0) is 11.8 Å². The van der Waals surface area contributed by atoms with Gasteiger partial charge in [-0.25, -0.2) is 9.97 Å². The maximum Gasteiger partial charge on any atom is 0.235 e. The Labute approximate surface area is 284 Å². The molecule has 0 spiro atoms. The summed E-state index contributed by atoms with van der Waals surface area (Å²) in [6, 6.07) is 45.6. The lowest BCUT2D eigenvalue weighted by Crippen LogP contribution is -2.19. The third-order valence-corrected chi connectivity index (χ3v) is 11.9. The van der Waals surface area contributed by atoms with Crippen molar-refractivity contribution >= 4 is 33.1 Å². The molecule has 10 rings (SSSR count). The topological polar surface area (TPSA) is 30.7 Å². The second-order valence-electron chi connectivity index (χ2n) is 13.8. The number of hydrogen-bond acceptors (Lipinski definition) is 3. The first-order valence-corrected chi connectivity index (χ1v) is 17.6. The molecule has 0 N–H and O–H groups in total. The van der Waals surface area contributed by atoms with Gasteiger partial charge in [-0.05, 0) is 63.4 Å². The number of aromatic nitrogens is 3. The molecule has 0 saturated heterocycles. The van der Waals surface area contributed by atoms with Crippen LogP contribution in [0.3, 0.4) is 0 Å². The van der Waals surface area contributed by atoms with Crippen LogP contribution in [0.15, 0.2) is 127 Å². The summed E-state index contributed by atoms with van der Waals surface area (Å²) >= 11 is 1.97. The summed E-state index contributed by atoms with van der Waals surface area (Å²) in [5.41, 5.74) is 15.0. The summed E-state index contributed by atoms with van der Waals surface area (Å²) in [6.07, 6.45) is 1.04. The molecule has 0 radical (unpaired) electrons. The number of hydrogen-bond donors (Lipinski definition) is 0. The summed E-state index contributed by atoms with van der Waals surface area (Å²) in [5.74, 6) is 1.09. The Morgan fingerprint density at radius 1 is 0.667 bits per heavy atom. The van der Waals surface area contributed by atoms with E-state index in [-0.39, 0.29) is 5.41 Å². The summed E-state index contributed by atoms with van der Waals surface area (Å²) in [4.78, 5) is 13.6. The number of para-hydroxylation sites is 2. The Kier molecular flexibility index (Phi) is 5.84. The molecule has 0 fully saturated rings. The molecule has 3 heterocycles. The molecule has 0 aliphatic heterocycles. The molecular formula is C44H33N3S. The lowest BCUT2D eigenvalue weighted by molar-refractivity contribution is 0.641. The lowest BCUT2D eigenvalue weighted by atomic mass is 9.76. The van der Waals surface area contributed by atoms with Crippen molar-refractivity contribution in [3.8, 4) is 49.3 Å². The zero-order valence-corrected chi connectivity index (χ0v) is 28.0. The largest absolute Gasteiger partial charge is 0.277 e. The van der Waals surface area contributed by atoms with E-state index in [1.807, 2.05) is 11.3 Å². The van der Waals surface area contributed by atoms with E-state index < -0.39 is 0 Å². The molecule has 3 aromatic heterocycles. The molecule has 0 bridgehead atoms. The minimum Gasteiger partial charge on any atom is -0.277 e. The fourth-order valence-corrected chi connectivity index (χ4v) is 10.1.